The van der Waals surface area contributed by atoms with Gasteiger partial charge in [-0.2, -0.15) is 5.10 Å². The molecular weight excluding hydrogens is 246 g/mol. The van der Waals surface area contributed by atoms with E-state index in [1.54, 1.807) is 0 Å². The molecule has 0 aliphatic rings. The quantitative estimate of drug-likeness (QED) is 0.863. The molecule has 0 aliphatic carbocycles. The van der Waals surface area contributed by atoms with Crippen LogP contribution in [0.2, 0.25) is 0 Å². The van der Waals surface area contributed by atoms with Gasteiger partial charge in [-0.25, -0.2) is 0 Å². The number of fused-ring (bicyclic) bond motifs is 1. The van der Waals surface area contributed by atoms with Gasteiger partial charge in [0.25, 0.3) is 0 Å². The molecule has 0 saturated heterocycles. The molecule has 5 nitrogen and oxygen atoms in total. The van der Waals surface area contributed by atoms with Crippen LogP contribution in [0.1, 0.15) is 25.6 Å². The molecule has 0 fully saturated rings. The third-order valence-corrected chi connectivity index (χ3v) is 3.47. The molecule has 2 aromatic rings. The van der Waals surface area contributed by atoms with Gasteiger partial charge in [0.05, 0.1) is 5.69 Å². The first-order valence-electron chi connectivity index (χ1n) is 6.26. The Morgan fingerprint density at radius 2 is 2.11 bits per heavy atom. The lowest BCUT2D eigenvalue weighted by atomic mass is 10.3. The van der Waals surface area contributed by atoms with Gasteiger partial charge in [-0.15, -0.1) is 0 Å². The van der Waals surface area contributed by atoms with Gasteiger partial charge in [0.15, 0.2) is 10.4 Å². The molecule has 100 valence electrons. The van der Waals surface area contributed by atoms with E-state index in [0.29, 0.717) is 6.04 Å². The second kappa shape index (κ2) is 4.85. The minimum absolute atomic E-state index is 0.321. The second-order valence-electron chi connectivity index (χ2n) is 5.03. The Labute approximate surface area is 112 Å². The van der Waals surface area contributed by atoms with E-state index in [4.69, 9.17) is 12.2 Å². The van der Waals surface area contributed by atoms with Crippen LogP contribution in [0.5, 0.6) is 0 Å². The Hall–Kier alpha value is -1.14. The monoisotopic (exact) mass is 267 g/mol. The first-order chi connectivity index (χ1) is 8.45. The number of imidazole rings is 1. The number of aromatic nitrogens is 4. The maximum absolute atomic E-state index is 5.45. The van der Waals surface area contributed by atoms with Crippen molar-refractivity contribution >= 4 is 23.4 Å². The Balaban J connectivity index is 2.60. The summed E-state index contributed by atoms with van der Waals surface area (Å²) in [6, 6.07) is 0.321. The zero-order valence-electron chi connectivity index (χ0n) is 11.7. The summed E-state index contributed by atoms with van der Waals surface area (Å²) < 4.78 is 4.87. The van der Waals surface area contributed by atoms with E-state index in [2.05, 4.69) is 47.5 Å². The van der Waals surface area contributed by atoms with Crippen LogP contribution in [0.15, 0.2) is 0 Å². The van der Waals surface area contributed by atoms with Crippen molar-refractivity contribution in [3.05, 3.63) is 10.5 Å². The average molecular weight is 267 g/mol. The average Bonchev–Trinajstić information content (AvgIpc) is 2.75. The molecule has 18 heavy (non-hydrogen) atoms. The second-order valence-corrected chi connectivity index (χ2v) is 5.42. The highest BCUT2D eigenvalue weighted by Crippen LogP contribution is 2.22. The van der Waals surface area contributed by atoms with Crippen molar-refractivity contribution in [2.45, 2.75) is 26.3 Å². The van der Waals surface area contributed by atoms with Gasteiger partial charge in [-0.1, -0.05) is 6.92 Å². The summed E-state index contributed by atoms with van der Waals surface area (Å²) in [6.45, 7) is 5.24. The maximum atomic E-state index is 5.45. The van der Waals surface area contributed by atoms with Crippen molar-refractivity contribution in [2.24, 2.45) is 7.05 Å². The molecule has 1 N–H and O–H groups in total. The lowest BCUT2D eigenvalue weighted by Crippen LogP contribution is -2.23. The van der Waals surface area contributed by atoms with Crippen LogP contribution in [0.4, 0.5) is 0 Å². The highest BCUT2D eigenvalue weighted by molar-refractivity contribution is 7.71. The maximum Gasteiger partial charge on any atom is 0.179 e. The van der Waals surface area contributed by atoms with Gasteiger partial charge < -0.3 is 9.88 Å². The molecule has 2 aromatic heterocycles. The predicted molar refractivity (Wildman–Crippen MR) is 76.5 cm³/mol. The summed E-state index contributed by atoms with van der Waals surface area (Å²) in [4.78, 5) is 5.47. The number of aryl methyl sites for hydroxylation is 2. The van der Waals surface area contributed by atoms with E-state index >= 15 is 0 Å². The largest absolute Gasteiger partial charge is 0.328 e. The molecule has 0 spiro atoms. The highest BCUT2D eigenvalue weighted by atomic mass is 32.1. The number of H-pyrrole nitrogens is 1. The van der Waals surface area contributed by atoms with Gasteiger partial charge >= 0.3 is 0 Å². The lowest BCUT2D eigenvalue weighted by molar-refractivity contribution is 0.337. The zero-order chi connectivity index (χ0) is 13.4. The Morgan fingerprint density at radius 1 is 1.44 bits per heavy atom. The molecule has 0 aromatic carbocycles. The van der Waals surface area contributed by atoms with Crippen LogP contribution in [0, 0.1) is 4.77 Å². The van der Waals surface area contributed by atoms with Crippen molar-refractivity contribution in [2.75, 3.05) is 20.6 Å². The standard InChI is InChI=1S/C12H21N5S/c1-6-9-10-11(16(5)14-9)17(12(18)13-10)8(2)7-15(3)4/h8H,6-7H2,1-5H3,(H,13,18). The molecule has 0 radical (unpaired) electrons. The summed E-state index contributed by atoms with van der Waals surface area (Å²) in [6.07, 6.45) is 0.911. The van der Waals surface area contributed by atoms with Gasteiger partial charge in [-0.3, -0.25) is 9.25 Å². The number of hydrogen-bond donors (Lipinski definition) is 1. The molecule has 1 unspecified atom stereocenters. The molecule has 0 aliphatic heterocycles. The van der Waals surface area contributed by atoms with Crippen LogP contribution < -0.4 is 0 Å². The van der Waals surface area contributed by atoms with E-state index < -0.39 is 0 Å². The molecule has 1 atom stereocenters. The number of aromatic amines is 1. The SMILES string of the molecule is CCc1nn(C)c2c1[nH]c(=S)n2C(C)CN(C)C. The Kier molecular flexibility index (Phi) is 3.59. The predicted octanol–water partition coefficient (Wildman–Crippen LogP) is 2.12. The van der Waals surface area contributed by atoms with E-state index in [1.807, 2.05) is 11.7 Å². The highest BCUT2D eigenvalue weighted by Gasteiger charge is 2.18. The summed E-state index contributed by atoms with van der Waals surface area (Å²) in [5.41, 5.74) is 3.25. The summed E-state index contributed by atoms with van der Waals surface area (Å²) >= 11 is 5.45. The van der Waals surface area contributed by atoms with E-state index in [0.717, 1.165) is 34.6 Å². The van der Waals surface area contributed by atoms with E-state index in [1.165, 1.54) is 0 Å². The van der Waals surface area contributed by atoms with E-state index in [9.17, 15) is 0 Å². The topological polar surface area (TPSA) is 41.8 Å². The van der Waals surface area contributed by atoms with Crippen LogP contribution in [-0.4, -0.2) is 44.9 Å². The molecule has 0 saturated carbocycles. The summed E-state index contributed by atoms with van der Waals surface area (Å²) in [7, 11) is 6.12. The fraction of sp³-hybridized carbons (Fsp3) is 0.667. The molecule has 6 heteroatoms. The molecule has 0 bridgehead atoms. The van der Waals surface area contributed by atoms with Crippen molar-refractivity contribution in [3.63, 3.8) is 0 Å². The minimum atomic E-state index is 0.321. The number of hydrogen-bond acceptors (Lipinski definition) is 3. The first kappa shape index (κ1) is 13.3. The zero-order valence-corrected chi connectivity index (χ0v) is 12.5. The van der Waals surface area contributed by atoms with Crippen molar-refractivity contribution in [1.29, 1.82) is 0 Å². The number of nitrogens with one attached hydrogen (secondary N) is 1. The Morgan fingerprint density at radius 3 is 2.67 bits per heavy atom. The summed E-state index contributed by atoms with van der Waals surface area (Å²) in [5, 5.41) is 4.54. The van der Waals surface area contributed by atoms with Crippen LogP contribution in [-0.2, 0) is 13.5 Å². The Bertz CT molecular complexity index is 604. The molecule has 2 rings (SSSR count). The van der Waals surface area contributed by atoms with Crippen molar-refractivity contribution in [1.82, 2.24) is 24.2 Å². The number of likely N-dealkylation sites (N-methyl/N-ethyl adjacent to an activating group) is 1. The van der Waals surface area contributed by atoms with Gasteiger partial charge in [0, 0.05) is 19.6 Å². The first-order valence-corrected chi connectivity index (χ1v) is 6.67. The van der Waals surface area contributed by atoms with Gasteiger partial charge in [-0.05, 0) is 39.7 Å². The fourth-order valence-electron chi connectivity index (χ4n) is 2.50. The van der Waals surface area contributed by atoms with Gasteiger partial charge in [0.1, 0.15) is 5.52 Å². The number of nitrogens with zero attached hydrogens (tertiary/aromatic N) is 4. The fourth-order valence-corrected chi connectivity index (χ4v) is 2.87. The molecular formula is C12H21N5S. The summed E-state index contributed by atoms with van der Waals surface area (Å²) in [5.74, 6) is 0. The molecule has 0 amide bonds. The van der Waals surface area contributed by atoms with Crippen LogP contribution in [0.3, 0.4) is 0 Å². The third kappa shape index (κ3) is 2.10. The number of rotatable bonds is 4. The van der Waals surface area contributed by atoms with Crippen molar-refractivity contribution < 1.29 is 0 Å². The third-order valence-electron chi connectivity index (χ3n) is 3.17. The van der Waals surface area contributed by atoms with Crippen LogP contribution in [0.25, 0.3) is 11.2 Å². The minimum Gasteiger partial charge on any atom is -0.328 e. The normalized spacial score (nSPS) is 13.7. The van der Waals surface area contributed by atoms with Gasteiger partial charge in [0.2, 0.25) is 0 Å². The van der Waals surface area contributed by atoms with Crippen LogP contribution >= 0.6 is 12.2 Å². The molecule has 2 heterocycles. The smallest absolute Gasteiger partial charge is 0.179 e. The lowest BCUT2D eigenvalue weighted by Gasteiger charge is -2.18. The van der Waals surface area contributed by atoms with E-state index in [-0.39, 0.29) is 0 Å². The van der Waals surface area contributed by atoms with Crippen molar-refractivity contribution in [3.8, 4) is 0 Å².